The first-order chi connectivity index (χ1) is 16.0. The Hall–Kier alpha value is -3.72. The molecule has 0 saturated heterocycles. The number of phenolic OH excluding ortho intramolecular Hbond substituents is 1. The van der Waals surface area contributed by atoms with Crippen LogP contribution in [0.4, 0.5) is 11.6 Å². The molecule has 1 aromatic heterocycles. The van der Waals surface area contributed by atoms with Crippen LogP contribution >= 0.6 is 11.9 Å². The summed E-state index contributed by atoms with van der Waals surface area (Å²) in [6.07, 6.45) is 3.12. The number of nitrogens with one attached hydrogen (secondary N) is 2. The van der Waals surface area contributed by atoms with Gasteiger partial charge >= 0.3 is 0 Å². The van der Waals surface area contributed by atoms with Crippen molar-refractivity contribution in [3.05, 3.63) is 78.8 Å². The van der Waals surface area contributed by atoms with E-state index in [1.165, 1.54) is 19.5 Å². The average molecular weight is 467 g/mol. The third kappa shape index (κ3) is 6.88. The summed E-state index contributed by atoms with van der Waals surface area (Å²) in [4.78, 5) is 9.42. The standard InChI is InChI=1S/C22H24N6O2S.C2H6/c1-3-28(31-16-7-5-4-6-8-16)12-11-25-22-19(21(24)26-14-27-22)20(23)15-9-10-17(29)18(13-15)30-2;1-2/h3-10,13-14,23,29H,1,11-12H2,2H3,(H3,24,25,26,27);1-2H3. The van der Waals surface area contributed by atoms with Crippen molar-refractivity contribution < 1.29 is 9.84 Å². The average Bonchev–Trinajstić information content (AvgIpc) is 2.85. The molecule has 3 aromatic rings. The Morgan fingerprint density at radius 2 is 1.97 bits per heavy atom. The summed E-state index contributed by atoms with van der Waals surface area (Å²) in [6, 6.07) is 14.7. The summed E-state index contributed by atoms with van der Waals surface area (Å²) in [6.45, 7) is 9.06. The van der Waals surface area contributed by atoms with Crippen molar-refractivity contribution in [3.63, 3.8) is 0 Å². The van der Waals surface area contributed by atoms with Gasteiger partial charge in [0, 0.05) is 29.7 Å². The molecule has 5 N–H and O–H groups in total. The Bertz CT molecular complexity index is 1060. The quantitative estimate of drug-likeness (QED) is 0.249. The van der Waals surface area contributed by atoms with E-state index in [4.69, 9.17) is 15.9 Å². The zero-order valence-corrected chi connectivity index (χ0v) is 19.9. The van der Waals surface area contributed by atoms with Gasteiger partial charge in [0.2, 0.25) is 0 Å². The van der Waals surface area contributed by atoms with Crippen LogP contribution in [0.25, 0.3) is 0 Å². The second-order valence-corrected chi connectivity index (χ2v) is 7.52. The molecule has 1 heterocycles. The molecular weight excluding hydrogens is 436 g/mol. The Labute approximate surface area is 199 Å². The van der Waals surface area contributed by atoms with E-state index in [1.807, 2.05) is 48.5 Å². The van der Waals surface area contributed by atoms with Gasteiger partial charge in [-0.05, 0) is 42.3 Å². The molecular formula is C24H30N6O2S. The first-order valence-electron chi connectivity index (χ1n) is 10.5. The lowest BCUT2D eigenvalue weighted by atomic mass is 10.0. The molecule has 3 rings (SSSR count). The number of phenols is 1. The van der Waals surface area contributed by atoms with Gasteiger partial charge in [-0.3, -0.25) is 5.41 Å². The summed E-state index contributed by atoms with van der Waals surface area (Å²) in [5, 5.41) is 21.7. The van der Waals surface area contributed by atoms with E-state index >= 15 is 0 Å². The molecule has 9 heteroatoms. The predicted molar refractivity (Wildman–Crippen MR) is 136 cm³/mol. The molecule has 0 spiro atoms. The van der Waals surface area contributed by atoms with Crippen LogP contribution in [0.2, 0.25) is 0 Å². The molecule has 0 bridgehead atoms. The molecule has 0 atom stereocenters. The Balaban J connectivity index is 0.00000187. The number of nitrogen functional groups attached to an aromatic ring is 1. The topological polar surface area (TPSA) is 120 Å². The number of hydrogen-bond donors (Lipinski definition) is 4. The van der Waals surface area contributed by atoms with Gasteiger partial charge in [0.25, 0.3) is 0 Å². The molecule has 0 aliphatic carbocycles. The predicted octanol–water partition coefficient (Wildman–Crippen LogP) is 4.78. The highest BCUT2D eigenvalue weighted by atomic mass is 32.2. The minimum Gasteiger partial charge on any atom is -0.504 e. The van der Waals surface area contributed by atoms with Crippen molar-refractivity contribution in [2.24, 2.45) is 0 Å². The molecule has 0 aliphatic rings. The van der Waals surface area contributed by atoms with E-state index in [9.17, 15) is 5.11 Å². The van der Waals surface area contributed by atoms with Gasteiger partial charge in [-0.1, -0.05) is 38.6 Å². The fraction of sp³-hybridized carbons (Fsp3) is 0.208. The number of ether oxygens (including phenoxy) is 1. The third-order valence-electron chi connectivity index (χ3n) is 4.39. The zero-order chi connectivity index (χ0) is 24.2. The highest BCUT2D eigenvalue weighted by Gasteiger charge is 2.17. The van der Waals surface area contributed by atoms with Gasteiger partial charge in [0.15, 0.2) is 11.5 Å². The molecule has 0 fully saturated rings. The van der Waals surface area contributed by atoms with E-state index in [0.717, 1.165) is 4.90 Å². The number of anilines is 2. The van der Waals surface area contributed by atoms with Crippen LogP contribution < -0.4 is 15.8 Å². The van der Waals surface area contributed by atoms with Crippen molar-refractivity contribution in [1.29, 1.82) is 5.41 Å². The summed E-state index contributed by atoms with van der Waals surface area (Å²) in [5.74, 6) is 0.911. The molecule has 33 heavy (non-hydrogen) atoms. The number of methoxy groups -OCH3 is 1. The van der Waals surface area contributed by atoms with Gasteiger partial charge in [-0.25, -0.2) is 9.97 Å². The van der Waals surface area contributed by atoms with Gasteiger partial charge < -0.3 is 25.2 Å². The van der Waals surface area contributed by atoms with Crippen LogP contribution in [-0.4, -0.2) is 45.3 Å². The van der Waals surface area contributed by atoms with Crippen molar-refractivity contribution in [2.75, 3.05) is 31.2 Å². The number of benzene rings is 2. The van der Waals surface area contributed by atoms with E-state index in [0.29, 0.717) is 30.0 Å². The van der Waals surface area contributed by atoms with Gasteiger partial charge in [0.1, 0.15) is 18.0 Å². The number of aromatic nitrogens is 2. The van der Waals surface area contributed by atoms with Gasteiger partial charge in [-0.2, -0.15) is 0 Å². The van der Waals surface area contributed by atoms with Gasteiger partial charge in [0.05, 0.1) is 18.4 Å². The second kappa shape index (κ2) is 13.0. The molecule has 0 aliphatic heterocycles. The van der Waals surface area contributed by atoms with E-state index in [1.54, 1.807) is 30.3 Å². The molecule has 0 amide bonds. The first kappa shape index (κ1) is 25.5. The van der Waals surface area contributed by atoms with Crippen molar-refractivity contribution in [2.45, 2.75) is 18.7 Å². The smallest absolute Gasteiger partial charge is 0.161 e. The number of nitrogens with zero attached hydrogens (tertiary/aromatic N) is 3. The monoisotopic (exact) mass is 466 g/mol. The first-order valence-corrected chi connectivity index (χ1v) is 11.2. The van der Waals surface area contributed by atoms with E-state index in [2.05, 4.69) is 21.9 Å². The fourth-order valence-corrected chi connectivity index (χ4v) is 3.64. The third-order valence-corrected chi connectivity index (χ3v) is 5.44. The Kier molecular flexibility index (Phi) is 10.0. The highest BCUT2D eigenvalue weighted by molar-refractivity contribution is 7.97. The van der Waals surface area contributed by atoms with Crippen LogP contribution in [0.5, 0.6) is 11.5 Å². The van der Waals surface area contributed by atoms with Crippen LogP contribution in [0.3, 0.4) is 0 Å². The van der Waals surface area contributed by atoms with Crippen molar-refractivity contribution >= 4 is 29.3 Å². The van der Waals surface area contributed by atoms with Crippen LogP contribution in [-0.2, 0) is 0 Å². The zero-order valence-electron chi connectivity index (χ0n) is 19.1. The molecule has 2 aromatic carbocycles. The van der Waals surface area contributed by atoms with Crippen LogP contribution in [0, 0.1) is 5.41 Å². The lowest BCUT2D eigenvalue weighted by Crippen LogP contribution is -2.21. The fourth-order valence-electron chi connectivity index (χ4n) is 2.83. The van der Waals surface area contributed by atoms with E-state index < -0.39 is 0 Å². The summed E-state index contributed by atoms with van der Waals surface area (Å²) >= 11 is 1.58. The summed E-state index contributed by atoms with van der Waals surface area (Å²) < 4.78 is 7.15. The summed E-state index contributed by atoms with van der Waals surface area (Å²) in [7, 11) is 1.45. The lowest BCUT2D eigenvalue weighted by molar-refractivity contribution is 0.373. The SMILES string of the molecule is C=CN(CCNc1ncnc(N)c1C(=N)c1ccc(O)c(OC)c1)Sc1ccccc1.CC. The molecule has 0 unspecified atom stereocenters. The van der Waals surface area contributed by atoms with Gasteiger partial charge in [-0.15, -0.1) is 0 Å². The highest BCUT2D eigenvalue weighted by Crippen LogP contribution is 2.29. The largest absolute Gasteiger partial charge is 0.504 e. The Morgan fingerprint density at radius 1 is 1.24 bits per heavy atom. The minimum atomic E-state index is -0.00452. The maximum absolute atomic E-state index is 9.82. The Morgan fingerprint density at radius 3 is 2.64 bits per heavy atom. The molecule has 8 nitrogen and oxygen atoms in total. The second-order valence-electron chi connectivity index (χ2n) is 6.40. The number of rotatable bonds is 10. The molecule has 0 radical (unpaired) electrons. The van der Waals surface area contributed by atoms with Crippen LogP contribution in [0.15, 0.2) is 72.5 Å². The van der Waals surface area contributed by atoms with Crippen LogP contribution in [0.1, 0.15) is 25.0 Å². The minimum absolute atomic E-state index is 0.00452. The van der Waals surface area contributed by atoms with Crippen molar-refractivity contribution in [1.82, 2.24) is 14.3 Å². The lowest BCUT2D eigenvalue weighted by Gasteiger charge is -2.20. The number of aromatic hydroxyl groups is 1. The number of nitrogens with two attached hydrogens (primary N) is 1. The molecule has 0 saturated carbocycles. The number of hydrogen-bond acceptors (Lipinski definition) is 9. The van der Waals surface area contributed by atoms with E-state index in [-0.39, 0.29) is 23.0 Å². The van der Waals surface area contributed by atoms with Crippen molar-refractivity contribution in [3.8, 4) is 11.5 Å². The maximum atomic E-state index is 9.82. The molecule has 174 valence electrons. The maximum Gasteiger partial charge on any atom is 0.161 e. The normalized spacial score (nSPS) is 9.91. The summed E-state index contributed by atoms with van der Waals surface area (Å²) in [5.41, 5.74) is 7.11.